The molecule has 2 rings (SSSR count). The number of hydrogen-bond donors (Lipinski definition) is 2. The highest BCUT2D eigenvalue weighted by Gasteiger charge is 2.12. The molecular weight excluding hydrogens is 340 g/mol. The van der Waals surface area contributed by atoms with Crippen molar-refractivity contribution in [1.29, 1.82) is 0 Å². The summed E-state index contributed by atoms with van der Waals surface area (Å²) in [4.78, 5) is 22.9. The Morgan fingerprint density at radius 2 is 2.00 bits per heavy atom. The third-order valence-electron chi connectivity index (χ3n) is 2.61. The van der Waals surface area contributed by atoms with Crippen LogP contribution in [-0.2, 0) is 4.79 Å². The number of hydrogen-bond acceptors (Lipinski definition) is 6. The first-order chi connectivity index (χ1) is 11.1. The fraction of sp³-hybridized carbons (Fsp3) is 0.286. The first kappa shape index (κ1) is 17.3. The summed E-state index contributed by atoms with van der Waals surface area (Å²) in [5.74, 6) is -0.0953. The molecule has 0 spiro atoms. The van der Waals surface area contributed by atoms with E-state index in [0.717, 1.165) is 23.7 Å². The molecule has 3 amide bonds. The number of carbonyl (C=O) groups is 2. The second-order valence-corrected chi connectivity index (χ2v) is 5.84. The monoisotopic (exact) mass is 354 g/mol. The number of aromatic nitrogens is 2. The lowest BCUT2D eigenvalue weighted by Gasteiger charge is -2.04. The van der Waals surface area contributed by atoms with Crippen LogP contribution in [0.15, 0.2) is 33.9 Å². The lowest BCUT2D eigenvalue weighted by molar-refractivity contribution is -0.117. The highest BCUT2D eigenvalue weighted by atomic mass is 35.5. The number of imide groups is 1. The van der Waals surface area contributed by atoms with Gasteiger partial charge in [0.15, 0.2) is 0 Å². The Balaban J connectivity index is 1.84. The molecule has 1 aromatic heterocycles. The summed E-state index contributed by atoms with van der Waals surface area (Å²) in [6.07, 6.45) is 0.797. The second-order valence-electron chi connectivity index (χ2n) is 4.47. The maximum atomic E-state index is 11.6. The molecule has 0 saturated heterocycles. The number of rotatable bonds is 6. The summed E-state index contributed by atoms with van der Waals surface area (Å²) in [5.41, 5.74) is 0.733. The Kier molecular flexibility index (Phi) is 6.42. The van der Waals surface area contributed by atoms with Gasteiger partial charge in [0.05, 0.1) is 5.75 Å². The fourth-order valence-electron chi connectivity index (χ4n) is 1.55. The molecule has 7 nitrogen and oxygen atoms in total. The molecule has 2 aromatic rings. The van der Waals surface area contributed by atoms with Crippen LogP contribution in [0.4, 0.5) is 4.79 Å². The molecule has 0 radical (unpaired) electrons. The van der Waals surface area contributed by atoms with Crippen molar-refractivity contribution in [1.82, 2.24) is 20.8 Å². The van der Waals surface area contributed by atoms with Crippen LogP contribution < -0.4 is 10.6 Å². The van der Waals surface area contributed by atoms with Crippen LogP contribution in [0.1, 0.15) is 13.3 Å². The summed E-state index contributed by atoms with van der Waals surface area (Å²) in [6.45, 7) is 2.44. The van der Waals surface area contributed by atoms with Crippen molar-refractivity contribution in [2.45, 2.75) is 18.6 Å². The van der Waals surface area contributed by atoms with Gasteiger partial charge in [-0.25, -0.2) is 4.79 Å². The van der Waals surface area contributed by atoms with E-state index in [1.54, 1.807) is 24.3 Å². The van der Waals surface area contributed by atoms with Gasteiger partial charge in [0, 0.05) is 17.1 Å². The largest absolute Gasteiger partial charge is 0.411 e. The van der Waals surface area contributed by atoms with Gasteiger partial charge < -0.3 is 9.73 Å². The number of amides is 3. The molecule has 0 unspecified atom stereocenters. The molecule has 0 bridgehead atoms. The average Bonchev–Trinajstić information content (AvgIpc) is 3.00. The van der Waals surface area contributed by atoms with E-state index >= 15 is 0 Å². The smallest absolute Gasteiger partial charge is 0.321 e. The van der Waals surface area contributed by atoms with E-state index in [9.17, 15) is 9.59 Å². The summed E-state index contributed by atoms with van der Waals surface area (Å²) in [7, 11) is 0. The number of nitrogens with one attached hydrogen (secondary N) is 2. The van der Waals surface area contributed by atoms with Gasteiger partial charge in [-0.2, -0.15) is 0 Å². The summed E-state index contributed by atoms with van der Waals surface area (Å²) >= 11 is 6.87. The van der Waals surface area contributed by atoms with Gasteiger partial charge in [0.1, 0.15) is 0 Å². The Morgan fingerprint density at radius 3 is 2.70 bits per heavy atom. The van der Waals surface area contributed by atoms with Crippen LogP contribution in [0.25, 0.3) is 11.5 Å². The normalized spacial score (nSPS) is 10.3. The number of thioether (sulfide) groups is 1. The van der Waals surface area contributed by atoms with Crippen LogP contribution in [-0.4, -0.2) is 34.4 Å². The topological polar surface area (TPSA) is 97.1 Å². The third kappa shape index (κ3) is 5.57. The van der Waals surface area contributed by atoms with Gasteiger partial charge >= 0.3 is 6.03 Å². The van der Waals surface area contributed by atoms with Gasteiger partial charge in [-0.3, -0.25) is 10.1 Å². The quantitative estimate of drug-likeness (QED) is 0.774. The zero-order chi connectivity index (χ0) is 16.7. The SMILES string of the molecule is CCCNC(=O)NC(=O)CSc1nnc(-c2ccc(Cl)cc2)o1. The maximum Gasteiger partial charge on any atom is 0.321 e. The molecule has 9 heteroatoms. The lowest BCUT2D eigenvalue weighted by atomic mass is 10.2. The van der Waals surface area contributed by atoms with Crippen molar-refractivity contribution in [2.24, 2.45) is 0 Å². The zero-order valence-corrected chi connectivity index (χ0v) is 13.9. The van der Waals surface area contributed by atoms with Crippen molar-refractivity contribution in [3.8, 4) is 11.5 Å². The molecule has 0 aliphatic carbocycles. The Bertz CT molecular complexity index is 675. The molecule has 1 heterocycles. The van der Waals surface area contributed by atoms with Crippen LogP contribution in [0.3, 0.4) is 0 Å². The number of benzene rings is 1. The average molecular weight is 355 g/mol. The Hall–Kier alpha value is -2.06. The van der Waals surface area contributed by atoms with E-state index in [2.05, 4.69) is 20.8 Å². The van der Waals surface area contributed by atoms with Crippen molar-refractivity contribution >= 4 is 35.3 Å². The van der Waals surface area contributed by atoms with Crippen LogP contribution >= 0.6 is 23.4 Å². The number of carbonyl (C=O) groups excluding carboxylic acids is 2. The van der Waals surface area contributed by atoms with E-state index in [4.69, 9.17) is 16.0 Å². The van der Waals surface area contributed by atoms with Crippen LogP contribution in [0.5, 0.6) is 0 Å². The van der Waals surface area contributed by atoms with Gasteiger partial charge in [-0.1, -0.05) is 30.3 Å². The predicted octanol–water partition coefficient (Wildman–Crippen LogP) is 2.72. The predicted molar refractivity (Wildman–Crippen MR) is 87.3 cm³/mol. The summed E-state index contributed by atoms with van der Waals surface area (Å²) in [5, 5.41) is 13.4. The van der Waals surface area contributed by atoms with E-state index in [-0.39, 0.29) is 11.0 Å². The fourth-order valence-corrected chi connectivity index (χ4v) is 2.24. The molecule has 2 N–H and O–H groups in total. The lowest BCUT2D eigenvalue weighted by Crippen LogP contribution is -2.40. The van der Waals surface area contributed by atoms with Crippen molar-refractivity contribution in [3.63, 3.8) is 0 Å². The first-order valence-electron chi connectivity index (χ1n) is 6.88. The number of halogens is 1. The van der Waals surface area contributed by atoms with Crippen molar-refractivity contribution in [2.75, 3.05) is 12.3 Å². The summed E-state index contributed by atoms with van der Waals surface area (Å²) < 4.78 is 5.45. The minimum atomic E-state index is -0.509. The van der Waals surface area contributed by atoms with Crippen LogP contribution in [0, 0.1) is 0 Å². The molecule has 122 valence electrons. The molecule has 1 aromatic carbocycles. The van der Waals surface area contributed by atoms with Crippen molar-refractivity contribution < 1.29 is 14.0 Å². The molecule has 0 fully saturated rings. The van der Waals surface area contributed by atoms with Gasteiger partial charge in [0.2, 0.25) is 11.8 Å². The van der Waals surface area contributed by atoms with E-state index in [1.165, 1.54) is 0 Å². The van der Waals surface area contributed by atoms with Gasteiger partial charge in [-0.05, 0) is 30.7 Å². The number of urea groups is 1. The highest BCUT2D eigenvalue weighted by molar-refractivity contribution is 7.99. The maximum absolute atomic E-state index is 11.6. The molecule has 0 aliphatic heterocycles. The van der Waals surface area contributed by atoms with Gasteiger partial charge in [-0.15, -0.1) is 10.2 Å². The van der Waals surface area contributed by atoms with Gasteiger partial charge in [0.25, 0.3) is 5.22 Å². The first-order valence-corrected chi connectivity index (χ1v) is 8.24. The zero-order valence-electron chi connectivity index (χ0n) is 12.3. The molecule has 23 heavy (non-hydrogen) atoms. The number of nitrogens with zero attached hydrogens (tertiary/aromatic N) is 2. The Labute approximate surface area is 142 Å². The molecule has 0 atom stereocenters. The van der Waals surface area contributed by atoms with Crippen LogP contribution in [0.2, 0.25) is 5.02 Å². The molecular formula is C14H15ClN4O3S. The standard InChI is InChI=1S/C14H15ClN4O3S/c1-2-7-16-13(21)17-11(20)8-23-14-19-18-12(22-14)9-3-5-10(15)6-4-9/h3-6H,2,7-8H2,1H3,(H2,16,17,20,21). The third-order valence-corrected chi connectivity index (χ3v) is 3.68. The van der Waals surface area contributed by atoms with E-state index < -0.39 is 11.9 Å². The minimum Gasteiger partial charge on any atom is -0.411 e. The second kappa shape index (κ2) is 8.54. The molecule has 0 saturated carbocycles. The van der Waals surface area contributed by atoms with E-state index in [1.807, 2.05) is 6.92 Å². The minimum absolute atomic E-state index is 0.00178. The summed E-state index contributed by atoms with van der Waals surface area (Å²) in [6, 6.07) is 6.45. The van der Waals surface area contributed by atoms with E-state index in [0.29, 0.717) is 17.5 Å². The Morgan fingerprint density at radius 1 is 1.26 bits per heavy atom. The van der Waals surface area contributed by atoms with Crippen molar-refractivity contribution in [3.05, 3.63) is 29.3 Å². The molecule has 0 aliphatic rings. The highest BCUT2D eigenvalue weighted by Crippen LogP contribution is 2.24.